The van der Waals surface area contributed by atoms with Crippen LogP contribution < -0.4 is 0 Å². The lowest BCUT2D eigenvalue weighted by Crippen LogP contribution is -2.68. The Balaban J connectivity index is 1.19. The lowest BCUT2D eigenvalue weighted by Gasteiger charge is -2.70. The van der Waals surface area contributed by atoms with Crippen LogP contribution >= 0.6 is 0 Å². The number of allylic oxidation sites excluding steroid dienone is 2. The van der Waals surface area contributed by atoms with Crippen molar-refractivity contribution in [2.24, 2.45) is 44.8 Å². The summed E-state index contributed by atoms with van der Waals surface area (Å²) in [6.07, 6.45) is -17.9. The molecule has 0 amide bonds. The molecule has 0 aromatic carbocycles. The zero-order valence-electron chi connectivity index (χ0n) is 39.9. The number of hydrogen-bond donors (Lipinski definition) is 11. The summed E-state index contributed by atoms with van der Waals surface area (Å²) in [4.78, 5) is 37.9. The third-order valence-electron chi connectivity index (χ3n) is 18.1. The van der Waals surface area contributed by atoms with Crippen LogP contribution in [0.2, 0.25) is 0 Å². The van der Waals surface area contributed by atoms with E-state index >= 15 is 0 Å². The molecule has 3 aliphatic heterocycles. The third-order valence-corrected chi connectivity index (χ3v) is 18.1. The summed E-state index contributed by atoms with van der Waals surface area (Å²) in [7, 11) is 0. The molecule has 11 N–H and O–H groups in total. The van der Waals surface area contributed by atoms with E-state index in [0.717, 1.165) is 25.5 Å². The molecular weight excluding hydrogens is 897 g/mol. The summed E-state index contributed by atoms with van der Waals surface area (Å²) >= 11 is 0. The number of carbonyl (C=O) groups excluding carboxylic acids is 1. The van der Waals surface area contributed by atoms with Gasteiger partial charge >= 0.3 is 11.9 Å². The molecule has 0 radical (unpaired) electrons. The van der Waals surface area contributed by atoms with Gasteiger partial charge in [0.05, 0.1) is 30.8 Å². The minimum absolute atomic E-state index is 0.0607. The summed E-state index contributed by atoms with van der Waals surface area (Å²) in [5.74, 6) is -2.61. The van der Waals surface area contributed by atoms with Crippen LogP contribution in [0.15, 0.2) is 11.6 Å². The van der Waals surface area contributed by atoms with Crippen LogP contribution in [0.4, 0.5) is 0 Å². The minimum Gasteiger partial charge on any atom is -0.481 e. The maximum Gasteiger partial charge on any atom is 0.335 e. The van der Waals surface area contributed by atoms with Crippen molar-refractivity contribution in [1.29, 1.82) is 0 Å². The maximum absolute atomic E-state index is 13.8. The fraction of sp³-hybridized carbons (Fsp3) is 0.896. The van der Waals surface area contributed by atoms with Crippen molar-refractivity contribution in [2.45, 2.75) is 210 Å². The molecule has 68 heavy (non-hydrogen) atoms. The number of aliphatic carboxylic acids is 2. The molecule has 4 aliphatic carbocycles. The summed E-state index contributed by atoms with van der Waals surface area (Å²) in [5.41, 5.74) is -1.20. The van der Waals surface area contributed by atoms with Crippen molar-refractivity contribution in [3.63, 3.8) is 0 Å². The van der Waals surface area contributed by atoms with Crippen LogP contribution in [-0.4, -0.2) is 186 Å². The van der Waals surface area contributed by atoms with Gasteiger partial charge in [0.25, 0.3) is 0 Å². The van der Waals surface area contributed by atoms with Gasteiger partial charge in [-0.3, -0.25) is 4.79 Å². The fourth-order valence-corrected chi connectivity index (χ4v) is 14.3. The minimum atomic E-state index is -2.13. The molecular formula is C48H76O20. The average molecular weight is 973 g/mol. The molecule has 3 saturated heterocycles. The van der Waals surface area contributed by atoms with Gasteiger partial charge in [-0.1, -0.05) is 53.2 Å². The van der Waals surface area contributed by atoms with Gasteiger partial charge in [0, 0.05) is 6.42 Å². The molecule has 20 heteroatoms. The number of rotatable bonds is 15. The molecule has 7 rings (SSSR count). The molecule has 7 aliphatic rings. The van der Waals surface area contributed by atoms with Crippen molar-refractivity contribution < 1.29 is 99.0 Å². The highest BCUT2D eigenvalue weighted by atomic mass is 16.8. The van der Waals surface area contributed by atoms with E-state index in [9.17, 15) is 70.6 Å². The van der Waals surface area contributed by atoms with Gasteiger partial charge in [-0.15, -0.1) is 0 Å². The summed E-state index contributed by atoms with van der Waals surface area (Å²) < 4.78 is 35.9. The highest BCUT2D eigenvalue weighted by Crippen LogP contribution is 2.73. The Hall–Kier alpha value is -2.25. The first kappa shape index (κ1) is 53.5. The average Bonchev–Trinajstić information content (AvgIpc) is 3.26. The van der Waals surface area contributed by atoms with Crippen LogP contribution in [0.1, 0.15) is 112 Å². The van der Waals surface area contributed by atoms with E-state index in [4.69, 9.17) is 28.4 Å². The highest BCUT2D eigenvalue weighted by molar-refractivity contribution is 5.73. The van der Waals surface area contributed by atoms with Gasteiger partial charge in [0.2, 0.25) is 0 Å². The van der Waals surface area contributed by atoms with E-state index in [2.05, 4.69) is 40.7 Å². The Morgan fingerprint density at radius 1 is 0.809 bits per heavy atom. The zero-order valence-corrected chi connectivity index (χ0v) is 39.9. The second kappa shape index (κ2) is 20.0. The molecule has 20 nitrogen and oxygen atoms in total. The topological polar surface area (TPSA) is 329 Å². The number of carboxylic acid groups (broad SMARTS) is 2. The van der Waals surface area contributed by atoms with Crippen LogP contribution in [-0.2, 0) is 42.8 Å². The van der Waals surface area contributed by atoms with Gasteiger partial charge in [-0.25, -0.2) is 4.79 Å². The highest BCUT2D eigenvalue weighted by Gasteiger charge is 2.68. The van der Waals surface area contributed by atoms with Gasteiger partial charge < -0.3 is 89.4 Å². The van der Waals surface area contributed by atoms with Gasteiger partial charge in [0.15, 0.2) is 25.0 Å². The maximum atomic E-state index is 13.8. The smallest absolute Gasteiger partial charge is 0.335 e. The second-order valence-corrected chi connectivity index (χ2v) is 22.8. The number of ether oxygens (including phenoxy) is 6. The van der Waals surface area contributed by atoms with E-state index in [-0.39, 0.29) is 46.8 Å². The Morgan fingerprint density at radius 3 is 2.13 bits per heavy atom. The molecule has 0 aromatic heterocycles. The number of hydrogen-bond acceptors (Lipinski definition) is 18. The Labute approximate surface area is 396 Å². The Bertz CT molecular complexity index is 1850. The van der Waals surface area contributed by atoms with Crippen LogP contribution in [0.3, 0.4) is 0 Å². The number of aldehydes is 1. The second-order valence-electron chi connectivity index (χ2n) is 22.8. The van der Waals surface area contributed by atoms with Crippen LogP contribution in [0.25, 0.3) is 0 Å². The first-order valence-electron chi connectivity index (χ1n) is 24.3. The lowest BCUT2D eigenvalue weighted by atomic mass is 9.35. The molecule has 3 saturated carbocycles. The van der Waals surface area contributed by atoms with Gasteiger partial charge in [-0.2, -0.15) is 0 Å². The summed E-state index contributed by atoms with van der Waals surface area (Å²) in [6.45, 7) is 11.6. The Morgan fingerprint density at radius 2 is 1.49 bits per heavy atom. The Kier molecular flexibility index (Phi) is 15.7. The third kappa shape index (κ3) is 9.48. The number of fused-ring (bicyclic) bond motifs is 5. The number of carboxylic acids is 2. The number of aliphatic hydroxyl groups is 9. The SMILES string of the molecule is CC(C)(CCCC(=O)O)CC1C[C@H](O)C[C@]2(C)C1=CCC1C3(C)CCC(OC4OC(C(=O)O)C(O)C(OC5OCC(O)C(O)C5O)C4OC4OC(CO)C(O)C(O)C4O)[C@@](C)(C=O)C3CCC12C. The predicted octanol–water partition coefficient (Wildman–Crippen LogP) is 0.368. The quantitative estimate of drug-likeness (QED) is 0.0600. The molecule has 0 aromatic rings. The van der Waals surface area contributed by atoms with E-state index in [1.165, 1.54) is 5.57 Å². The van der Waals surface area contributed by atoms with E-state index in [1.54, 1.807) is 6.92 Å². The monoisotopic (exact) mass is 972 g/mol. The fourth-order valence-electron chi connectivity index (χ4n) is 14.3. The largest absolute Gasteiger partial charge is 0.481 e. The number of aliphatic hydroxyl groups excluding tert-OH is 9. The van der Waals surface area contributed by atoms with Crippen LogP contribution in [0, 0.1) is 44.8 Å². The zero-order chi connectivity index (χ0) is 50.1. The summed E-state index contributed by atoms with van der Waals surface area (Å²) in [5, 5.41) is 116. The molecule has 3 heterocycles. The van der Waals surface area contributed by atoms with E-state index in [0.29, 0.717) is 38.5 Å². The first-order chi connectivity index (χ1) is 31.8. The normalized spacial score (nSPS) is 49.7. The molecule has 388 valence electrons. The molecule has 0 bridgehead atoms. The summed E-state index contributed by atoms with van der Waals surface area (Å²) in [6, 6.07) is 0. The van der Waals surface area contributed by atoms with E-state index in [1.807, 2.05) is 0 Å². The standard InChI is InChI=1S/C48H76O20/c1-44(2,13-7-8-30(53)54)17-22-16-23(51)18-48(6)24(22)9-10-28-45(3)14-12-29(46(4,21-50)27(45)11-15-47(28,48)5)65-43-39(68-42-35(59)33(57)32(56)26(19-49)64-42)37(36(60)38(67-43)40(61)62)66-41-34(58)31(55)25(52)20-63-41/h9,21-23,25-29,31-39,41-43,49,51-52,55-60H,7-8,10-20H2,1-6H3,(H,53,54)(H,61,62)/t22?,23-,25?,26?,27?,28?,29?,31?,32?,33?,34?,35?,36?,37?,38?,39?,41?,42?,43?,45?,46-,47?,48+/m0/s1. The van der Waals surface area contributed by atoms with Crippen molar-refractivity contribution in [1.82, 2.24) is 0 Å². The van der Waals surface area contributed by atoms with E-state index < -0.39 is 134 Å². The van der Waals surface area contributed by atoms with Gasteiger partial charge in [-0.05, 0) is 104 Å². The molecule has 6 fully saturated rings. The number of carbonyl (C=O) groups is 3. The first-order valence-corrected chi connectivity index (χ1v) is 24.3. The van der Waals surface area contributed by atoms with Crippen molar-refractivity contribution in [3.8, 4) is 0 Å². The predicted molar refractivity (Wildman–Crippen MR) is 234 cm³/mol. The lowest BCUT2D eigenvalue weighted by molar-refractivity contribution is -0.391. The molecule has 23 atom stereocenters. The molecule has 20 unspecified atom stereocenters. The van der Waals surface area contributed by atoms with Crippen molar-refractivity contribution in [3.05, 3.63) is 11.6 Å². The van der Waals surface area contributed by atoms with Gasteiger partial charge in [0.1, 0.15) is 67.3 Å². The van der Waals surface area contributed by atoms with Crippen LogP contribution in [0.5, 0.6) is 0 Å². The van der Waals surface area contributed by atoms with Crippen molar-refractivity contribution in [2.75, 3.05) is 13.2 Å². The van der Waals surface area contributed by atoms with Crippen molar-refractivity contribution >= 4 is 18.2 Å². The molecule has 0 spiro atoms.